The average Bonchev–Trinajstić information content (AvgIpc) is 2.36. The van der Waals surface area contributed by atoms with E-state index in [-0.39, 0.29) is 0 Å². The molecule has 2 atom stereocenters. The van der Waals surface area contributed by atoms with E-state index < -0.39 is 0 Å². The van der Waals surface area contributed by atoms with Crippen molar-refractivity contribution in [3.63, 3.8) is 0 Å². The minimum atomic E-state index is 0.317. The lowest BCUT2D eigenvalue weighted by Crippen LogP contribution is -2.26. The summed E-state index contributed by atoms with van der Waals surface area (Å²) in [4.78, 5) is 0. The van der Waals surface area contributed by atoms with Crippen LogP contribution in [0.15, 0.2) is 36.9 Å². The van der Waals surface area contributed by atoms with E-state index in [0.717, 1.165) is 12.4 Å². The van der Waals surface area contributed by atoms with Crippen LogP contribution in [0.5, 0.6) is 5.75 Å². The lowest BCUT2D eigenvalue weighted by Gasteiger charge is -2.18. The molecular formula is C16H25NO. The van der Waals surface area contributed by atoms with E-state index in [0.29, 0.717) is 18.0 Å². The highest BCUT2D eigenvalue weighted by molar-refractivity contribution is 5.29. The van der Waals surface area contributed by atoms with Crippen LogP contribution in [0.1, 0.15) is 39.3 Å². The van der Waals surface area contributed by atoms with Crippen LogP contribution < -0.4 is 10.1 Å². The van der Waals surface area contributed by atoms with Gasteiger partial charge in [0, 0.05) is 12.1 Å². The molecule has 2 unspecified atom stereocenters. The maximum Gasteiger partial charge on any atom is 0.119 e. The van der Waals surface area contributed by atoms with E-state index in [2.05, 4.69) is 51.7 Å². The second-order valence-corrected chi connectivity index (χ2v) is 5.19. The fourth-order valence-corrected chi connectivity index (χ4v) is 1.67. The monoisotopic (exact) mass is 247 g/mol. The highest BCUT2D eigenvalue weighted by atomic mass is 16.5. The zero-order valence-corrected chi connectivity index (χ0v) is 11.9. The topological polar surface area (TPSA) is 21.3 Å². The molecule has 0 aliphatic heterocycles. The summed E-state index contributed by atoms with van der Waals surface area (Å²) >= 11 is 0. The number of nitrogens with one attached hydrogen (secondary N) is 1. The third-order valence-electron chi connectivity index (χ3n) is 2.83. The van der Waals surface area contributed by atoms with Gasteiger partial charge in [-0.3, -0.25) is 0 Å². The molecule has 0 aromatic heterocycles. The normalized spacial score (nSPS) is 14.3. The molecule has 0 aliphatic rings. The highest BCUT2D eigenvalue weighted by Crippen LogP contribution is 2.18. The molecule has 1 N–H and O–H groups in total. The molecule has 18 heavy (non-hydrogen) atoms. The molecule has 0 radical (unpaired) electrons. The van der Waals surface area contributed by atoms with Gasteiger partial charge in [0.1, 0.15) is 5.75 Å². The molecule has 0 saturated heterocycles. The summed E-state index contributed by atoms with van der Waals surface area (Å²) in [7, 11) is 0. The number of hydrogen-bond donors (Lipinski definition) is 1. The first-order valence-electron chi connectivity index (χ1n) is 6.64. The molecule has 0 aliphatic carbocycles. The summed E-state index contributed by atoms with van der Waals surface area (Å²) in [5, 5.41) is 3.46. The van der Waals surface area contributed by atoms with E-state index in [1.807, 2.05) is 18.2 Å². The molecule has 2 nitrogen and oxygen atoms in total. The Kier molecular flexibility index (Phi) is 5.93. The predicted molar refractivity (Wildman–Crippen MR) is 78.0 cm³/mol. The number of hydrogen-bond acceptors (Lipinski definition) is 2. The van der Waals surface area contributed by atoms with Crippen molar-refractivity contribution in [1.29, 1.82) is 0 Å². The number of ether oxygens (including phenoxy) is 1. The third-order valence-corrected chi connectivity index (χ3v) is 2.83. The van der Waals surface area contributed by atoms with E-state index in [1.165, 1.54) is 5.56 Å². The Morgan fingerprint density at radius 3 is 2.28 bits per heavy atom. The van der Waals surface area contributed by atoms with Crippen molar-refractivity contribution >= 4 is 0 Å². The van der Waals surface area contributed by atoms with Gasteiger partial charge in [-0.15, -0.1) is 6.58 Å². The van der Waals surface area contributed by atoms with Gasteiger partial charge in [0.15, 0.2) is 0 Å². The smallest absolute Gasteiger partial charge is 0.119 e. The molecule has 0 heterocycles. The van der Waals surface area contributed by atoms with Crippen molar-refractivity contribution in [2.45, 2.75) is 39.8 Å². The minimum absolute atomic E-state index is 0.317. The fourth-order valence-electron chi connectivity index (χ4n) is 1.67. The lowest BCUT2D eigenvalue weighted by atomic mass is 10.1. The summed E-state index contributed by atoms with van der Waals surface area (Å²) < 4.78 is 5.67. The largest absolute Gasteiger partial charge is 0.493 e. The third kappa shape index (κ3) is 4.92. The quantitative estimate of drug-likeness (QED) is 0.737. The summed E-state index contributed by atoms with van der Waals surface area (Å²) in [6, 6.07) is 8.93. The fraction of sp³-hybridized carbons (Fsp3) is 0.500. The van der Waals surface area contributed by atoms with Gasteiger partial charge in [-0.05, 0) is 37.5 Å². The molecule has 1 rings (SSSR count). The first-order valence-corrected chi connectivity index (χ1v) is 6.64. The zero-order valence-electron chi connectivity index (χ0n) is 11.9. The maximum absolute atomic E-state index is 5.67. The average molecular weight is 247 g/mol. The van der Waals surface area contributed by atoms with E-state index in [4.69, 9.17) is 4.74 Å². The second-order valence-electron chi connectivity index (χ2n) is 5.19. The van der Waals surface area contributed by atoms with Crippen LogP contribution in [-0.4, -0.2) is 12.6 Å². The summed E-state index contributed by atoms with van der Waals surface area (Å²) in [6.07, 6.45) is 1.91. The van der Waals surface area contributed by atoms with Crippen molar-refractivity contribution < 1.29 is 4.74 Å². The maximum atomic E-state index is 5.67. The lowest BCUT2D eigenvalue weighted by molar-refractivity contribution is 0.271. The first-order chi connectivity index (χ1) is 8.52. The van der Waals surface area contributed by atoms with Crippen molar-refractivity contribution in [2.75, 3.05) is 6.61 Å². The van der Waals surface area contributed by atoms with Crippen LogP contribution in [0.3, 0.4) is 0 Å². The highest BCUT2D eigenvalue weighted by Gasteiger charge is 2.07. The van der Waals surface area contributed by atoms with Crippen molar-refractivity contribution in [3.8, 4) is 5.75 Å². The molecule has 100 valence electrons. The Morgan fingerprint density at radius 1 is 1.17 bits per heavy atom. The molecule has 0 bridgehead atoms. The number of rotatable bonds is 7. The van der Waals surface area contributed by atoms with Gasteiger partial charge in [0.25, 0.3) is 0 Å². The molecule has 0 fully saturated rings. The Bertz CT molecular complexity index is 356. The standard InChI is InChI=1S/C16H25NO/c1-6-13(4)17-14(5)15-7-9-16(10-8-15)18-11-12(2)3/h6-10,12-14,17H,1,11H2,2-5H3. The molecule has 0 saturated carbocycles. The van der Waals surface area contributed by atoms with Gasteiger partial charge in [-0.25, -0.2) is 0 Å². The zero-order chi connectivity index (χ0) is 13.5. The van der Waals surface area contributed by atoms with Crippen LogP contribution >= 0.6 is 0 Å². The van der Waals surface area contributed by atoms with Gasteiger partial charge in [0.05, 0.1) is 6.61 Å². The van der Waals surface area contributed by atoms with Gasteiger partial charge >= 0.3 is 0 Å². The Labute approximate surface area is 111 Å². The number of benzene rings is 1. The van der Waals surface area contributed by atoms with Crippen LogP contribution in [-0.2, 0) is 0 Å². The SMILES string of the molecule is C=CC(C)NC(C)c1ccc(OCC(C)C)cc1. The molecular weight excluding hydrogens is 222 g/mol. The van der Waals surface area contributed by atoms with Crippen molar-refractivity contribution in [3.05, 3.63) is 42.5 Å². The second kappa shape index (κ2) is 7.22. The Hall–Kier alpha value is -1.28. The molecule has 0 amide bonds. The minimum Gasteiger partial charge on any atom is -0.493 e. The van der Waals surface area contributed by atoms with Crippen LogP contribution in [0.2, 0.25) is 0 Å². The van der Waals surface area contributed by atoms with E-state index >= 15 is 0 Å². The van der Waals surface area contributed by atoms with Crippen LogP contribution in [0.4, 0.5) is 0 Å². The molecule has 1 aromatic rings. The van der Waals surface area contributed by atoms with Crippen LogP contribution in [0, 0.1) is 5.92 Å². The van der Waals surface area contributed by atoms with E-state index in [9.17, 15) is 0 Å². The van der Waals surface area contributed by atoms with Crippen molar-refractivity contribution in [1.82, 2.24) is 5.32 Å². The molecule has 0 spiro atoms. The van der Waals surface area contributed by atoms with Gasteiger partial charge in [-0.2, -0.15) is 0 Å². The summed E-state index contributed by atoms with van der Waals surface area (Å²) in [6.45, 7) is 13.1. The first kappa shape index (κ1) is 14.8. The van der Waals surface area contributed by atoms with E-state index in [1.54, 1.807) is 0 Å². The molecule has 1 aromatic carbocycles. The van der Waals surface area contributed by atoms with Gasteiger partial charge < -0.3 is 10.1 Å². The van der Waals surface area contributed by atoms with Gasteiger partial charge in [-0.1, -0.05) is 32.1 Å². The summed E-state index contributed by atoms with van der Waals surface area (Å²) in [5.41, 5.74) is 1.26. The molecule has 2 heteroatoms. The summed E-state index contributed by atoms with van der Waals surface area (Å²) in [5.74, 6) is 1.50. The van der Waals surface area contributed by atoms with Crippen molar-refractivity contribution in [2.24, 2.45) is 5.92 Å². The van der Waals surface area contributed by atoms with Crippen LogP contribution in [0.25, 0.3) is 0 Å². The Morgan fingerprint density at radius 2 is 1.78 bits per heavy atom. The Balaban J connectivity index is 2.56. The van der Waals surface area contributed by atoms with Gasteiger partial charge in [0.2, 0.25) is 0 Å². The predicted octanol–water partition coefficient (Wildman–Crippen LogP) is 3.95.